The molecule has 11 heteroatoms. The van der Waals surface area contributed by atoms with Crippen molar-refractivity contribution in [3.63, 3.8) is 0 Å². The number of carbonyl (C=O) groups excluding carboxylic acids is 3. The van der Waals surface area contributed by atoms with Gasteiger partial charge in [0.1, 0.15) is 12.3 Å². The molecule has 0 fully saturated rings. The van der Waals surface area contributed by atoms with Gasteiger partial charge in [0.05, 0.1) is 31.2 Å². The summed E-state index contributed by atoms with van der Waals surface area (Å²) in [5, 5.41) is 5.32. The molecule has 1 N–H and O–H groups in total. The summed E-state index contributed by atoms with van der Waals surface area (Å²) in [4.78, 5) is 37.7. The summed E-state index contributed by atoms with van der Waals surface area (Å²) in [7, 11) is 0. The van der Waals surface area contributed by atoms with E-state index in [1.807, 2.05) is 0 Å². The number of amides is 3. The molecule has 0 aliphatic carbocycles. The minimum Gasteiger partial charge on any atom is -0.360 e. The van der Waals surface area contributed by atoms with E-state index in [1.54, 1.807) is 6.92 Å². The van der Waals surface area contributed by atoms with Crippen molar-refractivity contribution in [2.24, 2.45) is 0 Å². The summed E-state index contributed by atoms with van der Waals surface area (Å²) in [6.07, 6.45) is 0. The highest BCUT2D eigenvalue weighted by Gasteiger charge is 2.42. The molecule has 0 unspecified atom stereocenters. The number of benzene rings is 1. The topological polar surface area (TPSA) is 92.5 Å². The molecule has 2 aromatic rings. The Labute approximate surface area is 160 Å². The number of nitrogens with one attached hydrogen (secondary N) is 1. The van der Waals surface area contributed by atoms with Crippen LogP contribution in [0.4, 0.5) is 5.82 Å². The van der Waals surface area contributed by atoms with Gasteiger partial charge in [-0.05, 0) is 6.92 Å². The normalized spacial score (nSPS) is 13.4. The maximum absolute atomic E-state index is 12.5. The lowest BCUT2D eigenvalue weighted by Crippen LogP contribution is -2.37. The van der Waals surface area contributed by atoms with Crippen LogP contribution in [0.3, 0.4) is 0 Å². The van der Waals surface area contributed by atoms with E-state index in [1.165, 1.54) is 6.07 Å². The number of hydrogen-bond acceptors (Lipinski definition) is 5. The highest BCUT2D eigenvalue weighted by atomic mass is 35.5. The Kier molecular flexibility index (Phi) is 4.68. The van der Waals surface area contributed by atoms with Crippen LogP contribution < -0.4 is 5.32 Å². The van der Waals surface area contributed by atoms with Gasteiger partial charge in [0, 0.05) is 6.07 Å². The van der Waals surface area contributed by atoms with Gasteiger partial charge in [-0.25, -0.2) is 0 Å². The number of carbonyl (C=O) groups is 3. The molecule has 0 spiro atoms. The molecular formula is C14H7Cl4N3O4. The number of fused-ring (bicyclic) bond motifs is 1. The zero-order valence-corrected chi connectivity index (χ0v) is 15.3. The number of rotatable bonds is 3. The molecule has 1 aromatic heterocycles. The van der Waals surface area contributed by atoms with E-state index in [4.69, 9.17) is 50.9 Å². The number of aryl methyl sites for hydroxylation is 1. The number of anilines is 1. The molecule has 1 aliphatic rings. The number of hydrogen-bond donors (Lipinski definition) is 1. The third kappa shape index (κ3) is 2.97. The smallest absolute Gasteiger partial charge is 0.263 e. The molecule has 1 aromatic carbocycles. The van der Waals surface area contributed by atoms with Crippen LogP contribution >= 0.6 is 46.4 Å². The molecular weight excluding hydrogens is 416 g/mol. The maximum Gasteiger partial charge on any atom is 0.263 e. The molecule has 0 saturated carbocycles. The van der Waals surface area contributed by atoms with E-state index in [2.05, 4.69) is 10.5 Å². The van der Waals surface area contributed by atoms with Gasteiger partial charge in [-0.3, -0.25) is 19.3 Å². The molecule has 3 amide bonds. The lowest BCUT2D eigenvalue weighted by atomic mass is 10.1. The fourth-order valence-corrected chi connectivity index (χ4v) is 3.30. The first-order valence-electron chi connectivity index (χ1n) is 6.67. The Balaban J connectivity index is 1.89. The Morgan fingerprint density at radius 3 is 2.04 bits per heavy atom. The fraction of sp³-hybridized carbons (Fsp3) is 0.143. The summed E-state index contributed by atoms with van der Waals surface area (Å²) in [5.41, 5.74) is -0.368. The van der Waals surface area contributed by atoms with E-state index < -0.39 is 24.3 Å². The van der Waals surface area contributed by atoms with Crippen LogP contribution in [0.25, 0.3) is 0 Å². The number of halogens is 4. The third-order valence-corrected chi connectivity index (χ3v) is 5.18. The SMILES string of the molecule is Cc1cc(NC(=O)CN2C(=O)c3c(Cl)c(Cl)c(Cl)c(Cl)c3C2=O)no1. The van der Waals surface area contributed by atoms with E-state index in [9.17, 15) is 14.4 Å². The first-order chi connectivity index (χ1) is 11.7. The van der Waals surface area contributed by atoms with Gasteiger partial charge >= 0.3 is 0 Å². The third-order valence-electron chi connectivity index (χ3n) is 3.38. The second-order valence-corrected chi connectivity index (χ2v) is 6.59. The monoisotopic (exact) mass is 421 g/mol. The van der Waals surface area contributed by atoms with E-state index in [0.717, 1.165) is 0 Å². The van der Waals surface area contributed by atoms with E-state index in [-0.39, 0.29) is 37.0 Å². The van der Waals surface area contributed by atoms with Crippen LogP contribution in [0.2, 0.25) is 20.1 Å². The molecule has 1 aliphatic heterocycles. The highest BCUT2D eigenvalue weighted by molar-refractivity contribution is 6.55. The van der Waals surface area contributed by atoms with Crippen LogP contribution in [-0.2, 0) is 4.79 Å². The number of aromatic nitrogens is 1. The minimum absolute atomic E-state index is 0.141. The number of imide groups is 1. The summed E-state index contributed by atoms with van der Waals surface area (Å²) < 4.78 is 4.81. The van der Waals surface area contributed by atoms with Crippen molar-refractivity contribution in [2.75, 3.05) is 11.9 Å². The first-order valence-corrected chi connectivity index (χ1v) is 8.18. The molecule has 7 nitrogen and oxygen atoms in total. The fourth-order valence-electron chi connectivity index (χ4n) is 2.29. The van der Waals surface area contributed by atoms with E-state index in [0.29, 0.717) is 10.7 Å². The lowest BCUT2D eigenvalue weighted by molar-refractivity contribution is -0.116. The van der Waals surface area contributed by atoms with Crippen molar-refractivity contribution in [3.05, 3.63) is 43.0 Å². The van der Waals surface area contributed by atoms with Crippen LogP contribution in [0.15, 0.2) is 10.6 Å². The average Bonchev–Trinajstić information content (AvgIpc) is 3.06. The van der Waals surface area contributed by atoms with Gasteiger partial charge in [0.2, 0.25) is 5.91 Å². The highest BCUT2D eigenvalue weighted by Crippen LogP contribution is 2.44. The summed E-state index contributed by atoms with van der Waals surface area (Å²) in [5.74, 6) is -1.61. The van der Waals surface area contributed by atoms with Crippen molar-refractivity contribution in [2.45, 2.75) is 6.92 Å². The van der Waals surface area contributed by atoms with Gasteiger partial charge in [0.15, 0.2) is 5.82 Å². The molecule has 0 radical (unpaired) electrons. The van der Waals surface area contributed by atoms with Crippen LogP contribution in [0.1, 0.15) is 26.5 Å². The molecule has 130 valence electrons. The molecule has 0 saturated heterocycles. The molecule has 25 heavy (non-hydrogen) atoms. The van der Waals surface area contributed by atoms with Crippen molar-refractivity contribution in [3.8, 4) is 0 Å². The zero-order chi connectivity index (χ0) is 18.5. The Bertz CT molecular complexity index is 894. The second-order valence-electron chi connectivity index (χ2n) is 5.07. The predicted molar refractivity (Wildman–Crippen MR) is 91.7 cm³/mol. The van der Waals surface area contributed by atoms with Crippen LogP contribution in [0.5, 0.6) is 0 Å². The second kappa shape index (κ2) is 6.49. The zero-order valence-electron chi connectivity index (χ0n) is 12.3. The van der Waals surface area contributed by atoms with Crippen molar-refractivity contribution >= 4 is 69.9 Å². The van der Waals surface area contributed by atoms with Gasteiger partial charge in [-0.2, -0.15) is 0 Å². The van der Waals surface area contributed by atoms with Gasteiger partial charge in [-0.1, -0.05) is 51.6 Å². The lowest BCUT2D eigenvalue weighted by Gasteiger charge is -2.12. The largest absolute Gasteiger partial charge is 0.360 e. The van der Waals surface area contributed by atoms with Gasteiger partial charge < -0.3 is 9.84 Å². The van der Waals surface area contributed by atoms with Crippen molar-refractivity contribution in [1.29, 1.82) is 0 Å². The quantitative estimate of drug-likeness (QED) is 0.461. The van der Waals surface area contributed by atoms with Gasteiger partial charge in [0.25, 0.3) is 11.8 Å². The van der Waals surface area contributed by atoms with Crippen molar-refractivity contribution < 1.29 is 18.9 Å². The van der Waals surface area contributed by atoms with Crippen LogP contribution in [-0.4, -0.2) is 34.3 Å². The summed E-state index contributed by atoms with van der Waals surface area (Å²) in [6.45, 7) is 1.07. The van der Waals surface area contributed by atoms with Crippen molar-refractivity contribution in [1.82, 2.24) is 10.1 Å². The Morgan fingerprint density at radius 1 is 1.08 bits per heavy atom. The van der Waals surface area contributed by atoms with Crippen LogP contribution in [0, 0.1) is 6.92 Å². The molecule has 3 rings (SSSR count). The maximum atomic E-state index is 12.5. The number of nitrogens with zero attached hydrogens (tertiary/aromatic N) is 2. The Morgan fingerprint density at radius 2 is 1.60 bits per heavy atom. The first kappa shape index (κ1) is 18.0. The summed E-state index contributed by atoms with van der Waals surface area (Å²) >= 11 is 23.9. The molecule has 0 bridgehead atoms. The average molecular weight is 423 g/mol. The Hall–Kier alpha value is -1.80. The summed E-state index contributed by atoms with van der Waals surface area (Å²) in [6, 6.07) is 1.48. The predicted octanol–water partition coefficient (Wildman–Crippen LogP) is 3.83. The standard InChI is InChI=1S/C14H7Cl4N3O4/c1-4-2-5(20-25-4)19-6(22)3-21-13(23)7-8(14(21)24)10(16)12(18)11(17)9(7)15/h2H,3H2,1H3,(H,19,20,22). The van der Waals surface area contributed by atoms with Gasteiger partial charge in [-0.15, -0.1) is 0 Å². The minimum atomic E-state index is -0.794. The molecule has 0 atom stereocenters. The van der Waals surface area contributed by atoms with E-state index >= 15 is 0 Å². The molecule has 2 heterocycles.